The number of nitrogens with zero attached hydrogens (tertiary/aromatic N) is 1. The van der Waals surface area contributed by atoms with E-state index in [4.69, 9.17) is 4.42 Å². The van der Waals surface area contributed by atoms with Gasteiger partial charge >= 0.3 is 0 Å². The first kappa shape index (κ1) is 16.2. The Hall–Kier alpha value is -1.96. The zero-order valence-electron chi connectivity index (χ0n) is 16.3. The maximum absolute atomic E-state index is 6.44. The van der Waals surface area contributed by atoms with E-state index in [1.54, 1.807) is 0 Å². The van der Waals surface area contributed by atoms with Gasteiger partial charge in [0.05, 0.1) is 5.69 Å². The van der Waals surface area contributed by atoms with Crippen molar-refractivity contribution >= 4 is 27.6 Å². The third-order valence-corrected chi connectivity index (χ3v) is 6.74. The molecule has 1 saturated carbocycles. The number of fused-ring (bicyclic) bond motifs is 3. The van der Waals surface area contributed by atoms with E-state index < -0.39 is 0 Å². The molecule has 2 aromatic carbocycles. The Morgan fingerprint density at radius 1 is 0.923 bits per heavy atom. The second-order valence-corrected chi connectivity index (χ2v) is 9.42. The molecule has 2 aliphatic rings. The van der Waals surface area contributed by atoms with Gasteiger partial charge in [-0.15, -0.1) is 0 Å². The first-order chi connectivity index (χ1) is 12.5. The molecule has 2 nitrogen and oxygen atoms in total. The highest BCUT2D eigenvalue weighted by atomic mass is 16.3. The molecular formula is C24H29NO. The van der Waals surface area contributed by atoms with E-state index in [2.05, 4.69) is 62.1 Å². The summed E-state index contributed by atoms with van der Waals surface area (Å²) in [4.78, 5) is 2.76. The molecule has 0 atom stereocenters. The molecule has 136 valence electrons. The first-order valence-electron chi connectivity index (χ1n) is 10.2. The summed E-state index contributed by atoms with van der Waals surface area (Å²) in [7, 11) is 0. The van der Waals surface area contributed by atoms with E-state index in [1.165, 1.54) is 60.5 Å². The maximum atomic E-state index is 6.44. The standard InChI is InChI=1S/C24H29NO/c1-17-11-12-19-18-9-5-6-10-20(18)26-22(19)21(17)25-16-23(2,3)15-24(25)13-7-4-8-14-24/h5-6,9-12H,4,7-8,13-16H2,1-3H3. The van der Waals surface area contributed by atoms with E-state index in [0.29, 0.717) is 11.0 Å². The second kappa shape index (κ2) is 5.52. The largest absolute Gasteiger partial charge is 0.454 e. The highest BCUT2D eigenvalue weighted by Crippen LogP contribution is 2.53. The lowest BCUT2D eigenvalue weighted by molar-refractivity contribution is 0.263. The predicted octanol–water partition coefficient (Wildman–Crippen LogP) is 6.83. The predicted molar refractivity (Wildman–Crippen MR) is 110 cm³/mol. The number of hydrogen-bond donors (Lipinski definition) is 0. The van der Waals surface area contributed by atoms with Crippen molar-refractivity contribution in [2.45, 2.75) is 64.8 Å². The van der Waals surface area contributed by atoms with Gasteiger partial charge in [-0.05, 0) is 43.2 Å². The molecule has 2 heterocycles. The van der Waals surface area contributed by atoms with Crippen LogP contribution < -0.4 is 4.90 Å². The van der Waals surface area contributed by atoms with Gasteiger partial charge in [-0.25, -0.2) is 0 Å². The molecule has 0 unspecified atom stereocenters. The van der Waals surface area contributed by atoms with Crippen LogP contribution in [0.5, 0.6) is 0 Å². The van der Waals surface area contributed by atoms with Crippen LogP contribution in [-0.4, -0.2) is 12.1 Å². The summed E-state index contributed by atoms with van der Waals surface area (Å²) in [6.45, 7) is 8.27. The average Bonchev–Trinajstić information content (AvgIpc) is 3.10. The Labute approximate surface area is 156 Å². The molecule has 1 saturated heterocycles. The highest BCUT2D eigenvalue weighted by molar-refractivity contribution is 6.09. The number of anilines is 1. The molecule has 0 amide bonds. The SMILES string of the molecule is Cc1ccc2c(oc3ccccc32)c1N1CC(C)(C)CC12CCCCC2. The molecule has 5 rings (SSSR count). The monoisotopic (exact) mass is 347 g/mol. The van der Waals surface area contributed by atoms with Crippen LogP contribution in [0.15, 0.2) is 40.8 Å². The van der Waals surface area contributed by atoms with Crippen LogP contribution in [0.2, 0.25) is 0 Å². The van der Waals surface area contributed by atoms with Crippen molar-refractivity contribution in [3.63, 3.8) is 0 Å². The summed E-state index contributed by atoms with van der Waals surface area (Å²) < 4.78 is 6.44. The lowest BCUT2D eigenvalue weighted by Gasteiger charge is -2.43. The summed E-state index contributed by atoms with van der Waals surface area (Å²) in [6.07, 6.45) is 8.07. The molecule has 1 aliphatic heterocycles. The maximum Gasteiger partial charge on any atom is 0.158 e. The van der Waals surface area contributed by atoms with E-state index >= 15 is 0 Å². The van der Waals surface area contributed by atoms with E-state index in [0.717, 1.165) is 17.7 Å². The minimum Gasteiger partial charge on any atom is -0.454 e. The Kier molecular flexibility index (Phi) is 3.44. The van der Waals surface area contributed by atoms with Gasteiger partial charge in [0, 0.05) is 22.9 Å². The van der Waals surface area contributed by atoms with Crippen LogP contribution in [0.3, 0.4) is 0 Å². The molecule has 1 aromatic heterocycles. The van der Waals surface area contributed by atoms with Crippen LogP contribution >= 0.6 is 0 Å². The number of benzene rings is 2. The molecule has 3 aromatic rings. The Morgan fingerprint density at radius 2 is 1.69 bits per heavy atom. The van der Waals surface area contributed by atoms with Crippen LogP contribution in [0.1, 0.15) is 57.9 Å². The fourth-order valence-electron chi connectivity index (χ4n) is 5.82. The summed E-state index contributed by atoms with van der Waals surface area (Å²) >= 11 is 0. The molecule has 2 fully saturated rings. The lowest BCUT2D eigenvalue weighted by atomic mass is 9.75. The third-order valence-electron chi connectivity index (χ3n) is 6.74. The molecule has 0 N–H and O–H groups in total. The van der Waals surface area contributed by atoms with Crippen molar-refractivity contribution in [2.24, 2.45) is 5.41 Å². The van der Waals surface area contributed by atoms with Crippen molar-refractivity contribution in [3.05, 3.63) is 42.0 Å². The van der Waals surface area contributed by atoms with Gasteiger partial charge in [0.1, 0.15) is 5.58 Å². The molecule has 0 bridgehead atoms. The van der Waals surface area contributed by atoms with Crippen molar-refractivity contribution in [2.75, 3.05) is 11.4 Å². The quantitative estimate of drug-likeness (QED) is 0.479. The fraction of sp³-hybridized carbons (Fsp3) is 0.500. The fourth-order valence-corrected chi connectivity index (χ4v) is 5.82. The van der Waals surface area contributed by atoms with Crippen molar-refractivity contribution in [1.29, 1.82) is 0 Å². The van der Waals surface area contributed by atoms with Crippen LogP contribution in [0.25, 0.3) is 21.9 Å². The second-order valence-electron chi connectivity index (χ2n) is 9.42. The van der Waals surface area contributed by atoms with E-state index in [-0.39, 0.29) is 0 Å². The minimum atomic E-state index is 0.319. The normalized spacial score (nSPS) is 21.9. The van der Waals surface area contributed by atoms with Crippen molar-refractivity contribution in [1.82, 2.24) is 0 Å². The Morgan fingerprint density at radius 3 is 2.50 bits per heavy atom. The summed E-state index contributed by atoms with van der Waals surface area (Å²) in [6, 6.07) is 13.0. The number of para-hydroxylation sites is 1. The van der Waals surface area contributed by atoms with Gasteiger partial charge in [-0.3, -0.25) is 0 Å². The van der Waals surface area contributed by atoms with Gasteiger partial charge in [0.15, 0.2) is 5.58 Å². The summed E-state index contributed by atoms with van der Waals surface area (Å²) in [5, 5.41) is 2.50. The molecule has 2 heteroatoms. The zero-order chi connectivity index (χ0) is 17.9. The van der Waals surface area contributed by atoms with Crippen LogP contribution in [0.4, 0.5) is 5.69 Å². The third kappa shape index (κ3) is 2.31. The van der Waals surface area contributed by atoms with Crippen molar-refractivity contribution < 1.29 is 4.42 Å². The topological polar surface area (TPSA) is 16.4 Å². The molecule has 26 heavy (non-hydrogen) atoms. The van der Waals surface area contributed by atoms with Crippen molar-refractivity contribution in [3.8, 4) is 0 Å². The molecule has 1 aliphatic carbocycles. The van der Waals surface area contributed by atoms with E-state index in [1.807, 2.05) is 0 Å². The minimum absolute atomic E-state index is 0.319. The summed E-state index contributed by atoms with van der Waals surface area (Å²) in [5.74, 6) is 0. The lowest BCUT2D eigenvalue weighted by Crippen LogP contribution is -2.45. The van der Waals surface area contributed by atoms with Crippen LogP contribution in [-0.2, 0) is 0 Å². The smallest absolute Gasteiger partial charge is 0.158 e. The number of furan rings is 1. The molecule has 0 radical (unpaired) electrons. The Bertz CT molecular complexity index is 974. The Balaban J connectivity index is 1.76. The van der Waals surface area contributed by atoms with Gasteiger partial charge in [-0.1, -0.05) is 63.4 Å². The molecule has 1 spiro atoms. The summed E-state index contributed by atoms with van der Waals surface area (Å²) in [5.41, 5.74) is 5.47. The van der Waals surface area contributed by atoms with Crippen LogP contribution in [0, 0.1) is 12.3 Å². The molecular weight excluding hydrogens is 318 g/mol. The van der Waals surface area contributed by atoms with Gasteiger partial charge in [-0.2, -0.15) is 0 Å². The average molecular weight is 348 g/mol. The van der Waals surface area contributed by atoms with Gasteiger partial charge in [0.25, 0.3) is 0 Å². The highest BCUT2D eigenvalue weighted by Gasteiger charge is 2.50. The zero-order valence-corrected chi connectivity index (χ0v) is 16.3. The van der Waals surface area contributed by atoms with E-state index in [9.17, 15) is 0 Å². The first-order valence-corrected chi connectivity index (χ1v) is 10.2. The number of aryl methyl sites for hydroxylation is 1. The van der Waals surface area contributed by atoms with Gasteiger partial charge < -0.3 is 9.32 Å². The number of hydrogen-bond acceptors (Lipinski definition) is 2. The van der Waals surface area contributed by atoms with Gasteiger partial charge in [0.2, 0.25) is 0 Å². The number of rotatable bonds is 1.